The Morgan fingerprint density at radius 1 is 1.04 bits per heavy atom. The fourth-order valence-corrected chi connectivity index (χ4v) is 3.62. The molecule has 1 aromatic heterocycles. The largest absolute Gasteiger partial charge is 0.497 e. The molecule has 0 fully saturated rings. The number of H-pyrrole nitrogens is 2. The molecule has 0 saturated carbocycles. The molecule has 0 spiro atoms. The molecular weight excluding hydrogens is 322 g/mol. The van der Waals surface area contributed by atoms with Crippen molar-refractivity contribution in [3.05, 3.63) is 67.5 Å². The van der Waals surface area contributed by atoms with Gasteiger partial charge in [-0.05, 0) is 30.5 Å². The third kappa shape index (κ3) is 2.48. The van der Waals surface area contributed by atoms with E-state index in [2.05, 4.69) is 15.3 Å². The first kappa shape index (κ1) is 15.4. The first-order chi connectivity index (χ1) is 12.1. The highest BCUT2D eigenvalue weighted by Crippen LogP contribution is 2.42. The molecular formula is C18H17N3O4. The Kier molecular flexibility index (Phi) is 3.56. The fraction of sp³-hybridized carbons (Fsp3) is 0.278. The summed E-state index contributed by atoms with van der Waals surface area (Å²) < 4.78 is 5.19. The lowest BCUT2D eigenvalue weighted by atomic mass is 9.76. The number of ketones is 1. The first-order valence-electron chi connectivity index (χ1n) is 8.12. The van der Waals surface area contributed by atoms with Crippen LogP contribution in [0.5, 0.6) is 5.75 Å². The van der Waals surface area contributed by atoms with Crippen LogP contribution in [0.4, 0.5) is 5.82 Å². The summed E-state index contributed by atoms with van der Waals surface area (Å²) in [6, 6.07) is 7.28. The van der Waals surface area contributed by atoms with Gasteiger partial charge in [0, 0.05) is 23.6 Å². The van der Waals surface area contributed by atoms with Crippen LogP contribution in [0.15, 0.2) is 45.1 Å². The highest BCUT2D eigenvalue weighted by Gasteiger charge is 2.37. The molecule has 7 nitrogen and oxygen atoms in total. The zero-order valence-corrected chi connectivity index (χ0v) is 13.6. The molecule has 3 N–H and O–H groups in total. The van der Waals surface area contributed by atoms with E-state index in [0.29, 0.717) is 35.5 Å². The molecule has 2 aromatic rings. The Morgan fingerprint density at radius 3 is 2.52 bits per heavy atom. The van der Waals surface area contributed by atoms with Crippen molar-refractivity contribution < 1.29 is 9.53 Å². The van der Waals surface area contributed by atoms with E-state index in [9.17, 15) is 14.4 Å². The van der Waals surface area contributed by atoms with E-state index in [-0.39, 0.29) is 5.78 Å². The van der Waals surface area contributed by atoms with Gasteiger partial charge in [-0.3, -0.25) is 19.6 Å². The lowest BCUT2D eigenvalue weighted by molar-refractivity contribution is -0.116. The first-order valence-corrected chi connectivity index (χ1v) is 8.12. The van der Waals surface area contributed by atoms with Crippen molar-refractivity contribution in [2.24, 2.45) is 0 Å². The molecule has 128 valence electrons. The summed E-state index contributed by atoms with van der Waals surface area (Å²) in [6.45, 7) is 0. The molecule has 25 heavy (non-hydrogen) atoms. The predicted molar refractivity (Wildman–Crippen MR) is 92.0 cm³/mol. The maximum absolute atomic E-state index is 12.6. The summed E-state index contributed by atoms with van der Waals surface area (Å²) in [5.74, 6) is 0.580. The average molecular weight is 339 g/mol. The van der Waals surface area contributed by atoms with Gasteiger partial charge in [-0.1, -0.05) is 12.1 Å². The second kappa shape index (κ2) is 5.77. The van der Waals surface area contributed by atoms with Crippen LogP contribution in [0.1, 0.15) is 36.3 Å². The highest BCUT2D eigenvalue weighted by atomic mass is 16.5. The van der Waals surface area contributed by atoms with Crippen LogP contribution in [-0.4, -0.2) is 22.9 Å². The average Bonchev–Trinajstić information content (AvgIpc) is 2.60. The van der Waals surface area contributed by atoms with Gasteiger partial charge in [0.25, 0.3) is 5.56 Å². The van der Waals surface area contributed by atoms with Gasteiger partial charge in [0.2, 0.25) is 0 Å². The van der Waals surface area contributed by atoms with Crippen LogP contribution in [0.25, 0.3) is 0 Å². The van der Waals surface area contributed by atoms with E-state index >= 15 is 0 Å². The van der Waals surface area contributed by atoms with Crippen molar-refractivity contribution in [3.8, 4) is 5.75 Å². The number of allylic oxidation sites excluding steroid dienone is 2. The van der Waals surface area contributed by atoms with E-state index in [4.69, 9.17) is 4.74 Å². The number of carbonyl (C=O) groups excluding carboxylic acids is 1. The number of hydrogen-bond acceptors (Lipinski definition) is 5. The number of aromatic nitrogens is 2. The molecule has 1 aromatic carbocycles. The van der Waals surface area contributed by atoms with Gasteiger partial charge < -0.3 is 10.1 Å². The summed E-state index contributed by atoms with van der Waals surface area (Å²) in [4.78, 5) is 41.7. The maximum Gasteiger partial charge on any atom is 0.327 e. The quantitative estimate of drug-likeness (QED) is 0.771. The van der Waals surface area contributed by atoms with Gasteiger partial charge in [0.1, 0.15) is 11.6 Å². The van der Waals surface area contributed by atoms with Gasteiger partial charge in [-0.25, -0.2) is 4.79 Å². The van der Waals surface area contributed by atoms with Crippen molar-refractivity contribution in [2.45, 2.75) is 25.2 Å². The van der Waals surface area contributed by atoms with Crippen molar-refractivity contribution in [2.75, 3.05) is 12.4 Å². The third-order valence-corrected chi connectivity index (χ3v) is 4.74. The summed E-state index contributed by atoms with van der Waals surface area (Å²) in [5, 5.41) is 3.09. The number of aromatic amines is 2. The summed E-state index contributed by atoms with van der Waals surface area (Å²) in [5.41, 5.74) is 1.50. The minimum Gasteiger partial charge on any atom is -0.497 e. The number of Topliss-reactive ketones (excluding diaryl/α,β-unsaturated/α-hetero) is 1. The molecule has 1 aliphatic carbocycles. The molecule has 0 bridgehead atoms. The SMILES string of the molecule is COc1ccc([C@@H]2C3=C(CCCC3=O)Nc3[nH]c(=O)[nH]c(=O)c32)cc1. The number of hydrogen-bond donors (Lipinski definition) is 3. The molecule has 7 heteroatoms. The fourth-order valence-electron chi connectivity index (χ4n) is 3.62. The van der Waals surface area contributed by atoms with E-state index < -0.39 is 17.2 Å². The second-order valence-corrected chi connectivity index (χ2v) is 6.20. The van der Waals surface area contributed by atoms with Crippen LogP contribution in [0.3, 0.4) is 0 Å². The van der Waals surface area contributed by atoms with Gasteiger partial charge >= 0.3 is 5.69 Å². The number of rotatable bonds is 2. The van der Waals surface area contributed by atoms with Crippen molar-refractivity contribution in [1.29, 1.82) is 0 Å². The van der Waals surface area contributed by atoms with E-state index in [1.165, 1.54) is 0 Å². The lowest BCUT2D eigenvalue weighted by Gasteiger charge is -2.32. The molecule has 4 rings (SSSR count). The predicted octanol–water partition coefficient (Wildman–Crippen LogP) is 1.64. The normalized spacial score (nSPS) is 19.1. The Hall–Kier alpha value is -3.09. The molecule has 1 aliphatic heterocycles. The van der Waals surface area contributed by atoms with Crippen molar-refractivity contribution in [3.63, 3.8) is 0 Å². The van der Waals surface area contributed by atoms with Crippen LogP contribution < -0.4 is 21.3 Å². The van der Waals surface area contributed by atoms with Crippen molar-refractivity contribution >= 4 is 11.6 Å². The maximum atomic E-state index is 12.6. The van der Waals surface area contributed by atoms with Crippen LogP contribution in [0.2, 0.25) is 0 Å². The Labute approximate surface area is 142 Å². The molecule has 2 aliphatic rings. The number of anilines is 1. The number of carbonyl (C=O) groups is 1. The van der Waals surface area contributed by atoms with Crippen molar-refractivity contribution in [1.82, 2.24) is 9.97 Å². The number of ether oxygens (including phenoxy) is 1. The zero-order valence-electron chi connectivity index (χ0n) is 13.6. The molecule has 1 atom stereocenters. The second-order valence-electron chi connectivity index (χ2n) is 6.20. The number of methoxy groups -OCH3 is 1. The Balaban J connectivity index is 1.97. The standard InChI is InChI=1S/C18H17N3O4/c1-25-10-7-5-9(6-8-10)13-14-11(3-2-4-12(14)22)19-16-15(13)17(23)21-18(24)20-16/h5-8,13H,2-4H2,1H3,(H3,19,20,21,23,24)/t13-/m1/s1. The van der Waals surface area contributed by atoms with Crippen LogP contribution in [0, 0.1) is 0 Å². The summed E-state index contributed by atoms with van der Waals surface area (Å²) >= 11 is 0. The van der Waals surface area contributed by atoms with E-state index in [0.717, 1.165) is 17.7 Å². The van der Waals surface area contributed by atoms with E-state index in [1.54, 1.807) is 19.2 Å². The van der Waals surface area contributed by atoms with Crippen LogP contribution >= 0.6 is 0 Å². The Morgan fingerprint density at radius 2 is 1.80 bits per heavy atom. The monoisotopic (exact) mass is 339 g/mol. The number of fused-ring (bicyclic) bond motifs is 1. The molecule has 0 saturated heterocycles. The topological polar surface area (TPSA) is 104 Å². The third-order valence-electron chi connectivity index (χ3n) is 4.74. The number of benzene rings is 1. The molecule has 0 unspecified atom stereocenters. The highest BCUT2D eigenvalue weighted by molar-refractivity contribution is 6.00. The zero-order chi connectivity index (χ0) is 17.6. The molecule has 0 amide bonds. The van der Waals surface area contributed by atoms with Crippen LogP contribution in [-0.2, 0) is 4.79 Å². The molecule has 0 radical (unpaired) electrons. The summed E-state index contributed by atoms with van der Waals surface area (Å²) in [6.07, 6.45) is 1.93. The minimum atomic E-state index is -0.573. The smallest absolute Gasteiger partial charge is 0.327 e. The van der Waals surface area contributed by atoms with Gasteiger partial charge in [0.15, 0.2) is 5.78 Å². The number of nitrogens with one attached hydrogen (secondary N) is 3. The summed E-state index contributed by atoms with van der Waals surface area (Å²) in [7, 11) is 1.58. The lowest BCUT2D eigenvalue weighted by Crippen LogP contribution is -2.36. The van der Waals surface area contributed by atoms with Gasteiger partial charge in [-0.15, -0.1) is 0 Å². The molecule has 2 heterocycles. The Bertz CT molecular complexity index is 998. The van der Waals surface area contributed by atoms with Gasteiger partial charge in [-0.2, -0.15) is 0 Å². The minimum absolute atomic E-state index is 0.0332. The van der Waals surface area contributed by atoms with Gasteiger partial charge in [0.05, 0.1) is 12.7 Å². The van der Waals surface area contributed by atoms with E-state index in [1.807, 2.05) is 12.1 Å².